The van der Waals surface area contributed by atoms with Crippen LogP contribution in [-0.2, 0) is 9.53 Å². The highest BCUT2D eigenvalue weighted by atomic mass is 19.3. The van der Waals surface area contributed by atoms with Crippen LogP contribution in [0, 0.1) is 13.8 Å². The number of esters is 1. The molecule has 7 heteroatoms. The first-order chi connectivity index (χ1) is 11.8. The lowest BCUT2D eigenvalue weighted by molar-refractivity contribution is -0.119. The molecular formula is C18H17F2NO4. The van der Waals surface area contributed by atoms with Crippen molar-refractivity contribution in [2.24, 2.45) is 0 Å². The molecule has 2 rings (SSSR count). The highest BCUT2D eigenvalue weighted by molar-refractivity contribution is 5.96. The smallest absolute Gasteiger partial charge is 0.387 e. The molecule has 2 aromatic carbocycles. The minimum atomic E-state index is -2.91. The molecule has 0 aliphatic carbocycles. The molecule has 5 nitrogen and oxygen atoms in total. The van der Waals surface area contributed by atoms with E-state index in [4.69, 9.17) is 4.74 Å². The molecular weight excluding hydrogens is 332 g/mol. The Balaban J connectivity index is 1.86. The summed E-state index contributed by atoms with van der Waals surface area (Å²) in [4.78, 5) is 23.8. The molecule has 0 fully saturated rings. The number of aryl methyl sites for hydroxylation is 2. The number of anilines is 1. The largest absolute Gasteiger partial charge is 0.452 e. The van der Waals surface area contributed by atoms with Crippen molar-refractivity contribution in [3.8, 4) is 5.75 Å². The van der Waals surface area contributed by atoms with E-state index in [-0.39, 0.29) is 5.75 Å². The Hall–Kier alpha value is -2.96. The van der Waals surface area contributed by atoms with Gasteiger partial charge in [-0.25, -0.2) is 4.79 Å². The first-order valence-corrected chi connectivity index (χ1v) is 7.44. The fourth-order valence-electron chi connectivity index (χ4n) is 2.17. The van der Waals surface area contributed by atoms with E-state index in [0.717, 1.165) is 11.1 Å². The molecule has 0 aliphatic rings. The fraction of sp³-hybridized carbons (Fsp3) is 0.222. The number of hydrogen-bond donors (Lipinski definition) is 1. The zero-order valence-corrected chi connectivity index (χ0v) is 13.7. The van der Waals surface area contributed by atoms with Crippen LogP contribution < -0.4 is 10.1 Å². The average Bonchev–Trinajstić information content (AvgIpc) is 2.54. The Morgan fingerprint density at radius 1 is 1.08 bits per heavy atom. The minimum Gasteiger partial charge on any atom is -0.452 e. The second kappa shape index (κ2) is 8.23. The predicted molar refractivity (Wildman–Crippen MR) is 87.9 cm³/mol. The summed E-state index contributed by atoms with van der Waals surface area (Å²) in [6.45, 7) is 0.325. The molecule has 1 N–H and O–H groups in total. The van der Waals surface area contributed by atoms with E-state index in [1.807, 2.05) is 13.0 Å². The number of halogens is 2. The summed E-state index contributed by atoms with van der Waals surface area (Å²) in [7, 11) is 0. The summed E-state index contributed by atoms with van der Waals surface area (Å²) < 4.78 is 33.3. The van der Waals surface area contributed by atoms with Crippen molar-refractivity contribution < 1.29 is 27.8 Å². The van der Waals surface area contributed by atoms with Gasteiger partial charge in [0.05, 0.1) is 5.56 Å². The summed E-state index contributed by atoms with van der Waals surface area (Å²) in [6, 6.07) is 10.7. The number of rotatable bonds is 6. The van der Waals surface area contributed by atoms with Gasteiger partial charge in [-0.2, -0.15) is 8.78 Å². The molecule has 0 unspecified atom stereocenters. The lowest BCUT2D eigenvalue weighted by atomic mass is 10.1. The maximum atomic E-state index is 12.1. The number of hydrogen-bond acceptors (Lipinski definition) is 4. The van der Waals surface area contributed by atoms with Gasteiger partial charge in [0, 0.05) is 5.69 Å². The molecule has 0 saturated heterocycles. The first-order valence-electron chi connectivity index (χ1n) is 7.44. The number of carbonyl (C=O) groups is 2. The second-order valence-electron chi connectivity index (χ2n) is 5.35. The Labute approximate surface area is 143 Å². The fourth-order valence-corrected chi connectivity index (χ4v) is 2.17. The van der Waals surface area contributed by atoms with Gasteiger partial charge in [0.2, 0.25) is 0 Å². The number of amides is 1. The molecule has 25 heavy (non-hydrogen) atoms. The normalized spacial score (nSPS) is 10.4. The second-order valence-corrected chi connectivity index (χ2v) is 5.35. The number of carbonyl (C=O) groups excluding carboxylic acids is 2. The topological polar surface area (TPSA) is 64.6 Å². The monoisotopic (exact) mass is 349 g/mol. The van der Waals surface area contributed by atoms with E-state index >= 15 is 0 Å². The van der Waals surface area contributed by atoms with Crippen molar-refractivity contribution >= 4 is 17.6 Å². The molecule has 1 amide bonds. The molecule has 0 bridgehead atoms. The van der Waals surface area contributed by atoms with E-state index in [2.05, 4.69) is 10.1 Å². The van der Waals surface area contributed by atoms with Crippen LogP contribution in [-0.4, -0.2) is 25.1 Å². The van der Waals surface area contributed by atoms with Gasteiger partial charge in [-0.15, -0.1) is 0 Å². The zero-order valence-electron chi connectivity index (χ0n) is 13.7. The SMILES string of the molecule is Cc1ccc(C(=O)OCC(=O)Nc2ccc(OC(F)F)cc2)c(C)c1. The lowest BCUT2D eigenvalue weighted by Crippen LogP contribution is -2.21. The first kappa shape index (κ1) is 18.4. The number of benzene rings is 2. The van der Waals surface area contributed by atoms with Crippen LogP contribution in [0.2, 0.25) is 0 Å². The predicted octanol–water partition coefficient (Wildman–Crippen LogP) is 3.70. The Morgan fingerprint density at radius 2 is 1.76 bits per heavy atom. The van der Waals surface area contributed by atoms with Crippen molar-refractivity contribution in [2.75, 3.05) is 11.9 Å². The summed E-state index contributed by atoms with van der Waals surface area (Å²) in [5, 5.41) is 2.49. The van der Waals surface area contributed by atoms with Gasteiger partial charge >= 0.3 is 12.6 Å². The van der Waals surface area contributed by atoms with Crippen LogP contribution in [0.1, 0.15) is 21.5 Å². The van der Waals surface area contributed by atoms with Gasteiger partial charge in [-0.1, -0.05) is 17.7 Å². The van der Waals surface area contributed by atoms with Crippen LogP contribution in [0.4, 0.5) is 14.5 Å². The Kier molecular flexibility index (Phi) is 6.05. The van der Waals surface area contributed by atoms with Crippen molar-refractivity contribution in [3.05, 3.63) is 59.2 Å². The van der Waals surface area contributed by atoms with E-state index in [0.29, 0.717) is 11.3 Å². The Morgan fingerprint density at radius 3 is 2.36 bits per heavy atom. The molecule has 0 radical (unpaired) electrons. The van der Waals surface area contributed by atoms with Crippen LogP contribution in [0.15, 0.2) is 42.5 Å². The van der Waals surface area contributed by atoms with E-state index in [1.165, 1.54) is 24.3 Å². The van der Waals surface area contributed by atoms with Crippen LogP contribution in [0.3, 0.4) is 0 Å². The quantitative estimate of drug-likeness (QED) is 0.808. The van der Waals surface area contributed by atoms with E-state index in [9.17, 15) is 18.4 Å². The molecule has 2 aromatic rings. The maximum absolute atomic E-state index is 12.1. The van der Waals surface area contributed by atoms with E-state index < -0.39 is 25.1 Å². The minimum absolute atomic E-state index is 0.0192. The summed E-state index contributed by atoms with van der Waals surface area (Å²) in [5.41, 5.74) is 2.55. The van der Waals surface area contributed by atoms with Gasteiger partial charge in [-0.3, -0.25) is 4.79 Å². The molecule has 0 aromatic heterocycles. The van der Waals surface area contributed by atoms with Gasteiger partial charge < -0.3 is 14.8 Å². The highest BCUT2D eigenvalue weighted by Gasteiger charge is 2.13. The zero-order chi connectivity index (χ0) is 18.4. The van der Waals surface area contributed by atoms with Crippen LogP contribution in [0.5, 0.6) is 5.75 Å². The summed E-state index contributed by atoms with van der Waals surface area (Å²) in [5.74, 6) is -1.15. The van der Waals surface area contributed by atoms with Gasteiger partial charge in [0.15, 0.2) is 6.61 Å². The number of alkyl halides is 2. The Bertz CT molecular complexity index is 760. The van der Waals surface area contributed by atoms with Crippen molar-refractivity contribution in [1.29, 1.82) is 0 Å². The van der Waals surface area contributed by atoms with Gasteiger partial charge in [-0.05, 0) is 49.7 Å². The van der Waals surface area contributed by atoms with Crippen molar-refractivity contribution in [1.82, 2.24) is 0 Å². The summed E-state index contributed by atoms with van der Waals surface area (Å²) >= 11 is 0. The molecule has 0 spiro atoms. The maximum Gasteiger partial charge on any atom is 0.387 e. The van der Waals surface area contributed by atoms with E-state index in [1.54, 1.807) is 19.1 Å². The van der Waals surface area contributed by atoms with Gasteiger partial charge in [0.25, 0.3) is 5.91 Å². The number of nitrogens with one attached hydrogen (secondary N) is 1. The van der Waals surface area contributed by atoms with Crippen LogP contribution in [0.25, 0.3) is 0 Å². The molecule has 0 aliphatic heterocycles. The third-order valence-corrected chi connectivity index (χ3v) is 3.30. The van der Waals surface area contributed by atoms with Crippen molar-refractivity contribution in [2.45, 2.75) is 20.5 Å². The molecule has 0 saturated carbocycles. The standard InChI is InChI=1S/C18H17F2NO4/c1-11-3-8-15(12(2)9-11)17(23)24-10-16(22)21-13-4-6-14(7-5-13)25-18(19)20/h3-9,18H,10H2,1-2H3,(H,21,22). The molecule has 132 valence electrons. The summed E-state index contributed by atoms with van der Waals surface area (Å²) in [6.07, 6.45) is 0. The number of ether oxygens (including phenoxy) is 2. The third-order valence-electron chi connectivity index (χ3n) is 3.30. The highest BCUT2D eigenvalue weighted by Crippen LogP contribution is 2.17. The molecule has 0 heterocycles. The van der Waals surface area contributed by atoms with Crippen LogP contribution >= 0.6 is 0 Å². The average molecular weight is 349 g/mol. The third kappa shape index (κ3) is 5.56. The van der Waals surface area contributed by atoms with Gasteiger partial charge in [0.1, 0.15) is 5.75 Å². The molecule has 0 atom stereocenters. The lowest BCUT2D eigenvalue weighted by Gasteiger charge is -2.09. The van der Waals surface area contributed by atoms with Crippen molar-refractivity contribution in [3.63, 3.8) is 0 Å².